The summed E-state index contributed by atoms with van der Waals surface area (Å²) in [7, 11) is -3.32. The van der Waals surface area contributed by atoms with Crippen molar-refractivity contribution in [1.29, 1.82) is 0 Å². The molecule has 0 saturated carbocycles. The second-order valence-electron chi connectivity index (χ2n) is 5.48. The Morgan fingerprint density at radius 3 is 2.52 bits per heavy atom. The molecule has 1 aliphatic heterocycles. The summed E-state index contributed by atoms with van der Waals surface area (Å²) >= 11 is 0. The van der Waals surface area contributed by atoms with Gasteiger partial charge in [0, 0.05) is 13.1 Å². The lowest BCUT2D eigenvalue weighted by atomic mass is 9.84. The largest absolute Gasteiger partial charge is 0.481 e. The summed E-state index contributed by atoms with van der Waals surface area (Å²) in [6.45, 7) is 4.40. The van der Waals surface area contributed by atoms with Crippen LogP contribution >= 0.6 is 0 Å². The van der Waals surface area contributed by atoms with Crippen LogP contribution in [0.1, 0.15) is 26.7 Å². The maximum atomic E-state index is 12.2. The molecule has 1 saturated heterocycles. The Balaban J connectivity index is 2.40. The van der Waals surface area contributed by atoms with Crippen LogP contribution in [0.2, 0.25) is 0 Å². The average Bonchev–Trinajstić information content (AvgIpc) is 2.93. The van der Waals surface area contributed by atoms with E-state index in [1.54, 1.807) is 31.2 Å². The molecular formula is C15H21NO4S. The first-order valence-corrected chi connectivity index (χ1v) is 8.81. The minimum atomic E-state index is -3.32. The standard InChI is InChI=1S/C15H21NO4S/c1-3-15(14(17)18)9-10-16(11-15)12-7-5-6-8-13(12)21(19,20)4-2/h5-8H,3-4,9-11H2,1-2H3,(H,17,18). The van der Waals surface area contributed by atoms with Crippen LogP contribution < -0.4 is 4.90 Å². The van der Waals surface area contributed by atoms with E-state index in [1.807, 2.05) is 11.8 Å². The lowest BCUT2D eigenvalue weighted by Crippen LogP contribution is -2.34. The van der Waals surface area contributed by atoms with Crippen LogP contribution in [-0.2, 0) is 14.6 Å². The SMILES string of the molecule is CCC1(C(=O)O)CCN(c2ccccc2S(=O)(=O)CC)C1. The van der Waals surface area contributed by atoms with Gasteiger partial charge in [-0.15, -0.1) is 0 Å². The molecule has 116 valence electrons. The van der Waals surface area contributed by atoms with Crippen LogP contribution in [-0.4, -0.2) is 38.3 Å². The number of carboxylic acid groups (broad SMARTS) is 1. The first-order chi connectivity index (χ1) is 9.86. The van der Waals surface area contributed by atoms with Crippen LogP contribution in [0.3, 0.4) is 0 Å². The van der Waals surface area contributed by atoms with Gasteiger partial charge in [-0.05, 0) is 25.0 Å². The molecule has 1 unspecified atom stereocenters. The first-order valence-electron chi connectivity index (χ1n) is 7.16. The van der Waals surface area contributed by atoms with E-state index in [0.717, 1.165) is 0 Å². The molecule has 0 amide bonds. The Labute approximate surface area is 125 Å². The van der Waals surface area contributed by atoms with Gasteiger partial charge in [0.1, 0.15) is 0 Å². The molecule has 0 radical (unpaired) electrons. The number of benzene rings is 1. The van der Waals surface area contributed by atoms with Gasteiger partial charge in [-0.2, -0.15) is 0 Å². The van der Waals surface area contributed by atoms with Crippen LogP contribution in [0.4, 0.5) is 5.69 Å². The third-order valence-electron chi connectivity index (χ3n) is 4.41. The maximum absolute atomic E-state index is 12.2. The number of hydrogen-bond donors (Lipinski definition) is 1. The minimum absolute atomic E-state index is 0.0374. The summed E-state index contributed by atoms with van der Waals surface area (Å²) in [4.78, 5) is 13.7. The van der Waals surface area contributed by atoms with E-state index in [9.17, 15) is 18.3 Å². The van der Waals surface area contributed by atoms with Crippen molar-refractivity contribution >= 4 is 21.5 Å². The first kappa shape index (κ1) is 15.8. The molecule has 5 nitrogen and oxygen atoms in total. The number of nitrogens with zero attached hydrogens (tertiary/aromatic N) is 1. The lowest BCUT2D eigenvalue weighted by Gasteiger charge is -2.25. The van der Waals surface area contributed by atoms with E-state index in [2.05, 4.69) is 0 Å². The Morgan fingerprint density at radius 1 is 1.33 bits per heavy atom. The molecule has 1 aliphatic rings. The average molecular weight is 311 g/mol. The summed E-state index contributed by atoms with van der Waals surface area (Å²) in [5.41, 5.74) is -0.153. The van der Waals surface area contributed by atoms with E-state index in [0.29, 0.717) is 36.5 Å². The van der Waals surface area contributed by atoms with E-state index in [1.165, 1.54) is 0 Å². The number of aliphatic carboxylic acids is 1. The summed E-state index contributed by atoms with van der Waals surface area (Å²) in [6.07, 6.45) is 1.08. The fourth-order valence-corrected chi connectivity index (χ4v) is 3.94. The van der Waals surface area contributed by atoms with Crippen molar-refractivity contribution in [1.82, 2.24) is 0 Å². The van der Waals surface area contributed by atoms with Gasteiger partial charge < -0.3 is 10.0 Å². The molecule has 1 aromatic carbocycles. The Hall–Kier alpha value is -1.56. The monoisotopic (exact) mass is 311 g/mol. The summed E-state index contributed by atoms with van der Waals surface area (Å²) in [5, 5.41) is 9.46. The highest BCUT2D eigenvalue weighted by Crippen LogP contribution is 2.38. The molecule has 21 heavy (non-hydrogen) atoms. The predicted molar refractivity (Wildman–Crippen MR) is 81.4 cm³/mol. The van der Waals surface area contributed by atoms with Gasteiger partial charge in [0.25, 0.3) is 0 Å². The second-order valence-corrected chi connectivity index (χ2v) is 7.73. The van der Waals surface area contributed by atoms with E-state index in [4.69, 9.17) is 0 Å². The summed E-state index contributed by atoms with van der Waals surface area (Å²) in [6, 6.07) is 6.85. The van der Waals surface area contributed by atoms with Crippen molar-refractivity contribution in [2.24, 2.45) is 5.41 Å². The zero-order chi connectivity index (χ0) is 15.7. The van der Waals surface area contributed by atoms with Gasteiger partial charge in [-0.25, -0.2) is 8.42 Å². The molecule has 2 rings (SSSR count). The van der Waals surface area contributed by atoms with Gasteiger partial charge in [-0.1, -0.05) is 26.0 Å². The van der Waals surface area contributed by atoms with Crippen LogP contribution in [0.15, 0.2) is 29.2 Å². The van der Waals surface area contributed by atoms with Crippen molar-refractivity contribution in [2.45, 2.75) is 31.6 Å². The van der Waals surface area contributed by atoms with Crippen molar-refractivity contribution in [3.8, 4) is 0 Å². The zero-order valence-electron chi connectivity index (χ0n) is 12.4. The number of anilines is 1. The summed E-state index contributed by atoms with van der Waals surface area (Å²) in [5.74, 6) is -0.765. The molecule has 1 N–H and O–H groups in total. The number of para-hydroxylation sites is 1. The molecule has 1 fully saturated rings. The molecule has 0 spiro atoms. The third-order valence-corrected chi connectivity index (χ3v) is 6.18. The van der Waals surface area contributed by atoms with E-state index in [-0.39, 0.29) is 5.75 Å². The number of rotatable bonds is 5. The molecule has 1 aromatic rings. The molecule has 6 heteroatoms. The molecule has 0 aliphatic carbocycles. The van der Waals surface area contributed by atoms with Gasteiger partial charge in [0.05, 0.1) is 21.8 Å². The highest BCUT2D eigenvalue weighted by atomic mass is 32.2. The second kappa shape index (κ2) is 5.67. The number of carbonyl (C=O) groups is 1. The van der Waals surface area contributed by atoms with Gasteiger partial charge in [0.2, 0.25) is 0 Å². The van der Waals surface area contributed by atoms with Crippen LogP contribution in [0.25, 0.3) is 0 Å². The number of carboxylic acids is 1. The fourth-order valence-electron chi connectivity index (χ4n) is 2.83. The van der Waals surface area contributed by atoms with Crippen LogP contribution in [0.5, 0.6) is 0 Å². The highest BCUT2D eigenvalue weighted by molar-refractivity contribution is 7.91. The van der Waals surface area contributed by atoms with Crippen molar-refractivity contribution in [3.63, 3.8) is 0 Å². The Morgan fingerprint density at radius 2 is 2.00 bits per heavy atom. The minimum Gasteiger partial charge on any atom is -0.481 e. The predicted octanol–water partition coefficient (Wildman–Crippen LogP) is 2.17. The van der Waals surface area contributed by atoms with Gasteiger partial charge in [0.15, 0.2) is 9.84 Å². The maximum Gasteiger partial charge on any atom is 0.311 e. The fraction of sp³-hybridized carbons (Fsp3) is 0.533. The number of hydrogen-bond acceptors (Lipinski definition) is 4. The molecule has 0 aromatic heterocycles. The lowest BCUT2D eigenvalue weighted by molar-refractivity contribution is -0.147. The van der Waals surface area contributed by atoms with Crippen molar-refractivity contribution < 1.29 is 18.3 Å². The third kappa shape index (κ3) is 2.77. The van der Waals surface area contributed by atoms with Gasteiger partial charge >= 0.3 is 5.97 Å². The number of sulfone groups is 1. The zero-order valence-corrected chi connectivity index (χ0v) is 13.2. The van der Waals surface area contributed by atoms with Gasteiger partial charge in [-0.3, -0.25) is 4.79 Å². The normalized spacial score (nSPS) is 22.5. The molecular weight excluding hydrogens is 290 g/mol. The smallest absolute Gasteiger partial charge is 0.311 e. The molecule has 0 bridgehead atoms. The summed E-state index contributed by atoms with van der Waals surface area (Å²) < 4.78 is 24.4. The van der Waals surface area contributed by atoms with E-state index < -0.39 is 21.2 Å². The van der Waals surface area contributed by atoms with E-state index >= 15 is 0 Å². The molecule has 1 heterocycles. The quantitative estimate of drug-likeness (QED) is 0.902. The van der Waals surface area contributed by atoms with Crippen molar-refractivity contribution in [2.75, 3.05) is 23.7 Å². The Kier molecular flexibility index (Phi) is 4.27. The topological polar surface area (TPSA) is 74.7 Å². The van der Waals surface area contributed by atoms with Crippen molar-refractivity contribution in [3.05, 3.63) is 24.3 Å². The Bertz CT molecular complexity index is 641. The highest BCUT2D eigenvalue weighted by Gasteiger charge is 2.44. The van der Waals surface area contributed by atoms with Crippen LogP contribution in [0, 0.1) is 5.41 Å². The molecule has 1 atom stereocenters.